The summed E-state index contributed by atoms with van der Waals surface area (Å²) in [6.07, 6.45) is 3.35. The average Bonchev–Trinajstić information content (AvgIpc) is 3.19. The van der Waals surface area contributed by atoms with Crippen molar-refractivity contribution in [2.24, 2.45) is 0 Å². The third kappa shape index (κ3) is 2.44. The van der Waals surface area contributed by atoms with Gasteiger partial charge in [-0.3, -0.25) is 4.79 Å². The van der Waals surface area contributed by atoms with Crippen LogP contribution in [0.4, 0.5) is 0 Å². The van der Waals surface area contributed by atoms with Crippen LogP contribution in [0.25, 0.3) is 11.0 Å². The van der Waals surface area contributed by atoms with Gasteiger partial charge in [-0.1, -0.05) is 18.2 Å². The molecule has 2 atom stereocenters. The molecule has 0 unspecified atom stereocenters. The van der Waals surface area contributed by atoms with Gasteiger partial charge in [0, 0.05) is 24.6 Å². The van der Waals surface area contributed by atoms with Crippen LogP contribution in [0.3, 0.4) is 0 Å². The normalized spacial score (nSPS) is 24.1. The Kier molecular flexibility index (Phi) is 3.83. The van der Waals surface area contributed by atoms with Crippen LogP contribution in [0.15, 0.2) is 28.7 Å². The summed E-state index contributed by atoms with van der Waals surface area (Å²) < 4.78 is 17.0. The number of nitrogens with zero attached hydrogens (tertiary/aromatic N) is 1. The molecule has 1 aromatic heterocycles. The van der Waals surface area contributed by atoms with Gasteiger partial charge in [-0.05, 0) is 25.3 Å². The zero-order chi connectivity index (χ0) is 15.8. The molecule has 1 amide bonds. The molecule has 23 heavy (non-hydrogen) atoms. The van der Waals surface area contributed by atoms with E-state index < -0.39 is 0 Å². The van der Waals surface area contributed by atoms with Crippen molar-refractivity contribution >= 4 is 16.9 Å². The predicted octanol–water partition coefficient (Wildman–Crippen LogP) is 2.97. The van der Waals surface area contributed by atoms with Crippen LogP contribution in [0.2, 0.25) is 0 Å². The van der Waals surface area contributed by atoms with Crippen molar-refractivity contribution in [1.82, 2.24) is 4.90 Å². The molecular weight excluding hydrogens is 294 g/mol. The van der Waals surface area contributed by atoms with Crippen LogP contribution >= 0.6 is 0 Å². The highest BCUT2D eigenvalue weighted by atomic mass is 16.5. The monoisotopic (exact) mass is 315 g/mol. The van der Waals surface area contributed by atoms with E-state index in [1.54, 1.807) is 7.11 Å². The molecule has 2 heterocycles. The standard InChI is InChI=1S/C18H21NO4/c1-21-11-13-12-5-2-3-7-15(12)23-17(13)18(20)19-9-10-22-16-8-4-6-14(16)19/h2-3,5,7,14,16H,4,6,8-11H2,1H3/t14-,16-/m0/s1. The molecular formula is C18H21NO4. The van der Waals surface area contributed by atoms with Crippen LogP contribution < -0.4 is 0 Å². The van der Waals surface area contributed by atoms with E-state index in [0.717, 1.165) is 35.8 Å². The number of furan rings is 1. The molecule has 5 heteroatoms. The van der Waals surface area contributed by atoms with Crippen molar-refractivity contribution in [2.75, 3.05) is 20.3 Å². The van der Waals surface area contributed by atoms with Gasteiger partial charge in [0.25, 0.3) is 5.91 Å². The lowest BCUT2D eigenvalue weighted by Gasteiger charge is -2.37. The van der Waals surface area contributed by atoms with Crippen molar-refractivity contribution < 1.29 is 18.7 Å². The SMILES string of the molecule is COCc1c(C(=O)N2CCO[C@H]3CCC[C@@H]32)oc2ccccc12. The summed E-state index contributed by atoms with van der Waals surface area (Å²) in [5.41, 5.74) is 1.58. The summed E-state index contributed by atoms with van der Waals surface area (Å²) in [5, 5.41) is 0.953. The van der Waals surface area contributed by atoms with Crippen molar-refractivity contribution in [3.63, 3.8) is 0 Å². The number of hydrogen-bond donors (Lipinski definition) is 0. The van der Waals surface area contributed by atoms with E-state index in [1.165, 1.54) is 0 Å². The minimum atomic E-state index is -0.0338. The van der Waals surface area contributed by atoms with Crippen molar-refractivity contribution in [1.29, 1.82) is 0 Å². The molecule has 2 fully saturated rings. The first-order valence-electron chi connectivity index (χ1n) is 8.21. The highest BCUT2D eigenvalue weighted by Gasteiger charge is 2.40. The number of methoxy groups -OCH3 is 1. The van der Waals surface area contributed by atoms with Crippen LogP contribution in [-0.2, 0) is 16.1 Å². The smallest absolute Gasteiger partial charge is 0.290 e. The van der Waals surface area contributed by atoms with E-state index in [1.807, 2.05) is 29.2 Å². The highest BCUT2D eigenvalue weighted by molar-refractivity contribution is 5.99. The predicted molar refractivity (Wildman–Crippen MR) is 85.3 cm³/mol. The molecule has 1 saturated heterocycles. The first-order valence-corrected chi connectivity index (χ1v) is 8.21. The van der Waals surface area contributed by atoms with Gasteiger partial charge in [0.2, 0.25) is 0 Å². The molecule has 4 rings (SSSR count). The maximum atomic E-state index is 13.1. The summed E-state index contributed by atoms with van der Waals surface area (Å²) >= 11 is 0. The van der Waals surface area contributed by atoms with Gasteiger partial charge >= 0.3 is 0 Å². The third-order valence-corrected chi connectivity index (χ3v) is 4.92. The Morgan fingerprint density at radius 2 is 2.22 bits per heavy atom. The minimum absolute atomic E-state index is 0.0338. The fraction of sp³-hybridized carbons (Fsp3) is 0.500. The summed E-state index contributed by atoms with van der Waals surface area (Å²) in [7, 11) is 1.64. The second kappa shape index (κ2) is 5.98. The largest absolute Gasteiger partial charge is 0.451 e. The molecule has 0 radical (unpaired) electrons. The van der Waals surface area contributed by atoms with E-state index in [-0.39, 0.29) is 18.1 Å². The second-order valence-electron chi connectivity index (χ2n) is 6.24. The number of carbonyl (C=O) groups is 1. The highest BCUT2D eigenvalue weighted by Crippen LogP contribution is 2.33. The van der Waals surface area contributed by atoms with E-state index in [2.05, 4.69) is 0 Å². The van der Waals surface area contributed by atoms with Crippen molar-refractivity contribution in [3.05, 3.63) is 35.6 Å². The number of amides is 1. The Morgan fingerprint density at radius 1 is 1.35 bits per heavy atom. The molecule has 122 valence electrons. The van der Waals surface area contributed by atoms with Crippen LogP contribution in [0, 0.1) is 0 Å². The fourth-order valence-electron chi connectivity index (χ4n) is 3.87. The number of benzene rings is 1. The summed E-state index contributed by atoms with van der Waals surface area (Å²) in [4.78, 5) is 15.1. The molecule has 0 spiro atoms. The molecule has 0 N–H and O–H groups in total. The number of fused-ring (bicyclic) bond motifs is 2. The van der Waals surface area contributed by atoms with Crippen molar-refractivity contribution in [2.45, 2.75) is 38.0 Å². The van der Waals surface area contributed by atoms with Gasteiger partial charge in [-0.25, -0.2) is 0 Å². The Morgan fingerprint density at radius 3 is 3.09 bits per heavy atom. The average molecular weight is 315 g/mol. The lowest BCUT2D eigenvalue weighted by molar-refractivity contribution is -0.0454. The molecule has 1 saturated carbocycles. The van der Waals surface area contributed by atoms with E-state index in [9.17, 15) is 4.79 Å². The Labute approximate surface area is 135 Å². The van der Waals surface area contributed by atoms with Crippen LogP contribution in [-0.4, -0.2) is 43.2 Å². The van der Waals surface area contributed by atoms with E-state index in [0.29, 0.717) is 25.5 Å². The van der Waals surface area contributed by atoms with Crippen molar-refractivity contribution in [3.8, 4) is 0 Å². The van der Waals surface area contributed by atoms with E-state index in [4.69, 9.17) is 13.9 Å². The summed E-state index contributed by atoms with van der Waals surface area (Å²) in [6.45, 7) is 1.60. The molecule has 5 nitrogen and oxygen atoms in total. The van der Waals surface area contributed by atoms with Gasteiger partial charge in [0.05, 0.1) is 25.4 Å². The van der Waals surface area contributed by atoms with Gasteiger partial charge in [-0.15, -0.1) is 0 Å². The van der Waals surface area contributed by atoms with Gasteiger partial charge in [0.1, 0.15) is 5.58 Å². The maximum Gasteiger partial charge on any atom is 0.290 e. The quantitative estimate of drug-likeness (QED) is 0.874. The number of rotatable bonds is 3. The lowest BCUT2D eigenvalue weighted by Crippen LogP contribution is -2.51. The molecule has 1 aromatic carbocycles. The number of hydrogen-bond acceptors (Lipinski definition) is 4. The minimum Gasteiger partial charge on any atom is -0.451 e. The number of para-hydroxylation sites is 1. The maximum absolute atomic E-state index is 13.1. The first-order chi connectivity index (χ1) is 11.3. The number of morpholine rings is 1. The van der Waals surface area contributed by atoms with Crippen LogP contribution in [0.1, 0.15) is 35.4 Å². The molecule has 0 bridgehead atoms. The Hall–Kier alpha value is -1.85. The lowest BCUT2D eigenvalue weighted by atomic mass is 10.1. The summed E-state index contributed by atoms with van der Waals surface area (Å²) in [6, 6.07) is 7.91. The van der Waals surface area contributed by atoms with Crippen LogP contribution in [0.5, 0.6) is 0 Å². The number of carbonyl (C=O) groups excluding carboxylic acids is 1. The second-order valence-corrected chi connectivity index (χ2v) is 6.24. The Bertz CT molecular complexity index is 723. The van der Waals surface area contributed by atoms with Gasteiger partial charge in [-0.2, -0.15) is 0 Å². The first kappa shape index (κ1) is 14.7. The Balaban J connectivity index is 1.72. The molecule has 1 aliphatic carbocycles. The molecule has 2 aromatic rings. The van der Waals surface area contributed by atoms with Gasteiger partial charge < -0.3 is 18.8 Å². The zero-order valence-corrected chi connectivity index (χ0v) is 13.3. The topological polar surface area (TPSA) is 51.9 Å². The zero-order valence-electron chi connectivity index (χ0n) is 13.3. The third-order valence-electron chi connectivity index (χ3n) is 4.92. The molecule has 1 aliphatic heterocycles. The summed E-state index contributed by atoms with van der Waals surface area (Å²) in [5.74, 6) is 0.383. The number of ether oxygens (including phenoxy) is 2. The fourth-order valence-corrected chi connectivity index (χ4v) is 3.87. The van der Waals surface area contributed by atoms with E-state index >= 15 is 0 Å². The van der Waals surface area contributed by atoms with Gasteiger partial charge in [0.15, 0.2) is 5.76 Å². The molecule has 2 aliphatic rings.